The SMILES string of the molecule is O=C1C2=Cc3ccccc3C3(CCOCC3)OC2C(=O)N1Cc1ccccc1. The molecule has 2 fully saturated rings. The van der Waals surface area contributed by atoms with Gasteiger partial charge in [-0.25, -0.2) is 0 Å². The first kappa shape index (κ1) is 17.3. The fourth-order valence-corrected chi connectivity index (χ4v) is 4.39. The van der Waals surface area contributed by atoms with Gasteiger partial charge in [0, 0.05) is 26.1 Å². The maximum Gasteiger partial charge on any atom is 0.263 e. The first-order valence-electron chi connectivity index (χ1n) is 9.64. The first-order chi connectivity index (χ1) is 13.7. The quantitative estimate of drug-likeness (QED) is 0.757. The molecule has 2 aromatic rings. The first-order valence-corrected chi connectivity index (χ1v) is 9.64. The summed E-state index contributed by atoms with van der Waals surface area (Å²) in [6.07, 6.45) is 2.32. The number of hydrogen-bond donors (Lipinski definition) is 0. The molecule has 5 nitrogen and oxygen atoms in total. The molecule has 2 aromatic carbocycles. The van der Waals surface area contributed by atoms with Gasteiger partial charge < -0.3 is 9.47 Å². The van der Waals surface area contributed by atoms with Crippen molar-refractivity contribution in [3.63, 3.8) is 0 Å². The largest absolute Gasteiger partial charge is 0.381 e. The Morgan fingerprint density at radius 3 is 2.46 bits per heavy atom. The van der Waals surface area contributed by atoms with Gasteiger partial charge in [0.15, 0.2) is 6.10 Å². The van der Waals surface area contributed by atoms with E-state index in [1.807, 2.05) is 60.7 Å². The number of ether oxygens (including phenoxy) is 2. The van der Waals surface area contributed by atoms with Gasteiger partial charge in [0.2, 0.25) is 0 Å². The van der Waals surface area contributed by atoms with Crippen LogP contribution in [0.2, 0.25) is 0 Å². The highest BCUT2D eigenvalue weighted by molar-refractivity contribution is 6.18. The molecule has 0 bridgehead atoms. The predicted octanol–water partition coefficient (Wildman–Crippen LogP) is 3.04. The van der Waals surface area contributed by atoms with Crippen LogP contribution in [0.4, 0.5) is 0 Å². The van der Waals surface area contributed by atoms with Crippen LogP contribution in [0.5, 0.6) is 0 Å². The number of hydrogen-bond acceptors (Lipinski definition) is 4. The van der Waals surface area contributed by atoms with Crippen molar-refractivity contribution in [1.29, 1.82) is 0 Å². The molecule has 0 radical (unpaired) electrons. The fourth-order valence-electron chi connectivity index (χ4n) is 4.39. The summed E-state index contributed by atoms with van der Waals surface area (Å²) in [5.74, 6) is -0.545. The van der Waals surface area contributed by atoms with E-state index < -0.39 is 11.7 Å². The topological polar surface area (TPSA) is 55.8 Å². The van der Waals surface area contributed by atoms with E-state index in [9.17, 15) is 9.59 Å². The molecule has 0 saturated carbocycles. The number of benzene rings is 2. The summed E-state index contributed by atoms with van der Waals surface area (Å²) >= 11 is 0. The van der Waals surface area contributed by atoms with Crippen LogP contribution in [0, 0.1) is 0 Å². The highest BCUT2D eigenvalue weighted by Gasteiger charge is 2.51. The van der Waals surface area contributed by atoms with Crippen molar-refractivity contribution in [1.82, 2.24) is 4.90 Å². The van der Waals surface area contributed by atoms with E-state index in [0.717, 1.165) is 16.7 Å². The highest BCUT2D eigenvalue weighted by Crippen LogP contribution is 2.44. The number of likely N-dealkylation sites (tertiary alicyclic amines) is 1. The Morgan fingerprint density at radius 1 is 0.964 bits per heavy atom. The van der Waals surface area contributed by atoms with Crippen LogP contribution >= 0.6 is 0 Å². The minimum absolute atomic E-state index is 0.257. The Balaban J connectivity index is 1.56. The minimum Gasteiger partial charge on any atom is -0.381 e. The van der Waals surface area contributed by atoms with Crippen molar-refractivity contribution in [3.8, 4) is 0 Å². The highest BCUT2D eigenvalue weighted by atomic mass is 16.5. The van der Waals surface area contributed by atoms with Crippen LogP contribution < -0.4 is 0 Å². The van der Waals surface area contributed by atoms with Gasteiger partial charge in [0.1, 0.15) is 0 Å². The number of fused-ring (bicyclic) bond motifs is 3. The average Bonchev–Trinajstić information content (AvgIpc) is 2.87. The third kappa shape index (κ3) is 2.70. The number of imide groups is 1. The number of carbonyl (C=O) groups is 2. The second kappa shape index (κ2) is 6.69. The zero-order chi connectivity index (χ0) is 19.1. The zero-order valence-corrected chi connectivity index (χ0v) is 15.5. The molecule has 0 aliphatic carbocycles. The van der Waals surface area contributed by atoms with Crippen LogP contribution in [-0.4, -0.2) is 36.0 Å². The Hall–Kier alpha value is -2.76. The number of amides is 2. The van der Waals surface area contributed by atoms with E-state index in [0.29, 0.717) is 31.6 Å². The summed E-state index contributed by atoms with van der Waals surface area (Å²) in [6.45, 7) is 1.41. The lowest BCUT2D eigenvalue weighted by Gasteiger charge is -2.39. The third-order valence-electron chi connectivity index (χ3n) is 5.85. The monoisotopic (exact) mass is 375 g/mol. The molecule has 3 heterocycles. The van der Waals surface area contributed by atoms with E-state index in [2.05, 4.69) is 0 Å². The number of nitrogens with zero attached hydrogens (tertiary/aromatic N) is 1. The summed E-state index contributed by atoms with van der Waals surface area (Å²) < 4.78 is 12.0. The van der Waals surface area contributed by atoms with Crippen molar-refractivity contribution < 1.29 is 19.1 Å². The van der Waals surface area contributed by atoms with Crippen LogP contribution in [0.3, 0.4) is 0 Å². The minimum atomic E-state index is -0.860. The van der Waals surface area contributed by atoms with E-state index in [-0.39, 0.29) is 18.4 Å². The Kier molecular flexibility index (Phi) is 4.14. The third-order valence-corrected chi connectivity index (χ3v) is 5.85. The Bertz CT molecular complexity index is 960. The Labute approximate surface area is 163 Å². The molecule has 5 heteroatoms. The summed E-state index contributed by atoms with van der Waals surface area (Å²) in [6, 6.07) is 17.5. The predicted molar refractivity (Wildman–Crippen MR) is 103 cm³/mol. The molecule has 2 saturated heterocycles. The van der Waals surface area contributed by atoms with E-state index >= 15 is 0 Å². The lowest BCUT2D eigenvalue weighted by molar-refractivity contribution is -0.162. The van der Waals surface area contributed by atoms with Gasteiger partial charge in [0.25, 0.3) is 11.8 Å². The van der Waals surface area contributed by atoms with Crippen molar-refractivity contribution in [2.24, 2.45) is 0 Å². The standard InChI is InChI=1S/C23H21NO4/c25-21-18-14-17-8-4-5-9-19(17)23(10-12-27-13-11-23)28-20(18)22(26)24(21)15-16-6-2-1-3-7-16/h1-9,14,20H,10-13,15H2. The summed E-state index contributed by atoms with van der Waals surface area (Å²) in [5, 5.41) is 0. The van der Waals surface area contributed by atoms with Gasteiger partial charge >= 0.3 is 0 Å². The van der Waals surface area contributed by atoms with Crippen LogP contribution in [-0.2, 0) is 31.2 Å². The van der Waals surface area contributed by atoms with Crippen molar-refractivity contribution in [2.75, 3.05) is 13.2 Å². The lowest BCUT2D eigenvalue weighted by atomic mass is 9.83. The maximum atomic E-state index is 13.2. The van der Waals surface area contributed by atoms with E-state index in [1.165, 1.54) is 4.90 Å². The molecule has 142 valence electrons. The molecule has 3 aliphatic rings. The van der Waals surface area contributed by atoms with Crippen LogP contribution in [0.25, 0.3) is 6.08 Å². The van der Waals surface area contributed by atoms with Gasteiger partial charge in [-0.15, -0.1) is 0 Å². The molecule has 2 amide bonds. The van der Waals surface area contributed by atoms with Gasteiger partial charge in [-0.05, 0) is 22.8 Å². The molecule has 0 N–H and O–H groups in total. The average molecular weight is 375 g/mol. The molecule has 3 aliphatic heterocycles. The lowest BCUT2D eigenvalue weighted by Crippen LogP contribution is -2.42. The van der Waals surface area contributed by atoms with Crippen LogP contribution in [0.15, 0.2) is 60.2 Å². The summed E-state index contributed by atoms with van der Waals surface area (Å²) in [5.41, 5.74) is 2.73. The van der Waals surface area contributed by atoms with Crippen molar-refractivity contribution >= 4 is 17.9 Å². The van der Waals surface area contributed by atoms with Crippen molar-refractivity contribution in [2.45, 2.75) is 31.1 Å². The van der Waals surface area contributed by atoms with Gasteiger partial charge in [-0.1, -0.05) is 54.6 Å². The number of carbonyl (C=O) groups excluding carboxylic acids is 2. The number of rotatable bonds is 2. The fraction of sp³-hybridized carbons (Fsp3) is 0.304. The van der Waals surface area contributed by atoms with Gasteiger partial charge in [0.05, 0.1) is 17.7 Å². The van der Waals surface area contributed by atoms with Crippen LogP contribution in [0.1, 0.15) is 29.5 Å². The molecular weight excluding hydrogens is 354 g/mol. The second-order valence-electron chi connectivity index (χ2n) is 7.51. The van der Waals surface area contributed by atoms with Gasteiger partial charge in [-0.2, -0.15) is 0 Å². The smallest absolute Gasteiger partial charge is 0.263 e. The molecule has 0 aromatic heterocycles. The van der Waals surface area contributed by atoms with E-state index in [4.69, 9.17) is 9.47 Å². The van der Waals surface area contributed by atoms with Gasteiger partial charge in [-0.3, -0.25) is 14.5 Å². The molecular formula is C23H21NO4. The van der Waals surface area contributed by atoms with Crippen molar-refractivity contribution in [3.05, 3.63) is 76.9 Å². The Morgan fingerprint density at radius 2 is 1.68 bits per heavy atom. The normalized spacial score (nSPS) is 23.2. The maximum absolute atomic E-state index is 13.2. The summed E-state index contributed by atoms with van der Waals surface area (Å²) in [4.78, 5) is 27.6. The molecule has 1 unspecified atom stereocenters. The summed E-state index contributed by atoms with van der Waals surface area (Å²) in [7, 11) is 0. The zero-order valence-electron chi connectivity index (χ0n) is 15.5. The second-order valence-corrected chi connectivity index (χ2v) is 7.51. The molecule has 1 spiro atoms. The van der Waals surface area contributed by atoms with E-state index in [1.54, 1.807) is 0 Å². The molecule has 1 atom stereocenters. The molecule has 28 heavy (non-hydrogen) atoms. The molecule has 5 rings (SSSR count).